The third kappa shape index (κ3) is 19.9. The maximum absolute atomic E-state index is 13.9. The molecular formula is C40H61N11O9. The van der Waals surface area contributed by atoms with E-state index in [2.05, 4.69) is 36.9 Å². The molecule has 0 radical (unpaired) electrons. The summed E-state index contributed by atoms with van der Waals surface area (Å²) in [4.78, 5) is 95.0. The number of nitrogens with one attached hydrogen (secondary N) is 6. The van der Waals surface area contributed by atoms with Gasteiger partial charge < -0.3 is 65.0 Å². The van der Waals surface area contributed by atoms with Crippen molar-refractivity contribution in [1.82, 2.24) is 31.9 Å². The monoisotopic (exact) mass is 839 g/mol. The summed E-state index contributed by atoms with van der Waals surface area (Å²) in [7, 11) is 0. The van der Waals surface area contributed by atoms with Crippen LogP contribution in [0.2, 0.25) is 0 Å². The number of guanidine groups is 1. The van der Waals surface area contributed by atoms with Crippen molar-refractivity contribution in [2.24, 2.45) is 33.8 Å². The largest absolute Gasteiger partial charge is 0.508 e. The molecule has 330 valence electrons. The summed E-state index contributed by atoms with van der Waals surface area (Å²) in [6, 6.07) is 9.10. The van der Waals surface area contributed by atoms with E-state index in [-0.39, 0.29) is 62.7 Å². The first-order valence-electron chi connectivity index (χ1n) is 19.8. The van der Waals surface area contributed by atoms with Crippen molar-refractivity contribution in [1.29, 1.82) is 0 Å². The number of carboxylic acid groups (broad SMARTS) is 1. The SMILES string of the molecule is CC(C)C[C@H](NC(=O)[C@H](Cc1ccccc1)NC(=O)CNC(=O)CNC(=O)[C@@H](N)Cc1ccc(O)cc1)C(=O)N[C@@H](CCCCN)C(=O)N[C@@H](CCCN=C(N)N)C(=O)O. The number of carbonyl (C=O) groups excluding carboxylic acids is 6. The van der Waals surface area contributed by atoms with Crippen LogP contribution in [0.3, 0.4) is 0 Å². The Balaban J connectivity index is 2.13. The van der Waals surface area contributed by atoms with Gasteiger partial charge in [0, 0.05) is 13.0 Å². The number of benzene rings is 2. The van der Waals surface area contributed by atoms with Crippen LogP contribution in [-0.2, 0) is 46.4 Å². The molecule has 0 unspecified atom stereocenters. The maximum Gasteiger partial charge on any atom is 0.326 e. The minimum absolute atomic E-state index is 0.0137. The van der Waals surface area contributed by atoms with Gasteiger partial charge in [-0.05, 0) is 80.7 Å². The van der Waals surface area contributed by atoms with Crippen LogP contribution in [0.15, 0.2) is 59.6 Å². The van der Waals surface area contributed by atoms with Gasteiger partial charge in [-0.3, -0.25) is 33.8 Å². The Morgan fingerprint density at radius 2 is 1.22 bits per heavy atom. The standard InChI is InChI=1S/C40H61N11O9/c1-24(2)19-31(37(57)49-29(11-6-7-17-41)36(56)50-30(39(59)60)12-8-18-45-40(43)44)51-38(58)32(21-25-9-4-3-5-10-25)48-34(54)23-46-33(53)22-47-35(55)28(42)20-26-13-15-27(52)16-14-26/h3-5,9-10,13-16,24,28-32,52H,6-8,11-12,17-23,41-42H2,1-2H3,(H,46,53)(H,47,55)(H,48,54)(H,49,57)(H,50,56)(H,51,58)(H,59,60)(H4,43,44,45)/t28-,29-,30-,31-,32-/m0/s1. The van der Waals surface area contributed by atoms with Gasteiger partial charge in [0.1, 0.15) is 29.9 Å². The number of aliphatic imine (C=N–C) groups is 1. The molecule has 0 aliphatic rings. The van der Waals surface area contributed by atoms with Crippen LogP contribution in [0, 0.1) is 5.92 Å². The van der Waals surface area contributed by atoms with E-state index >= 15 is 0 Å². The van der Waals surface area contributed by atoms with Crippen molar-refractivity contribution in [2.45, 2.75) is 95.4 Å². The van der Waals surface area contributed by atoms with Crippen molar-refractivity contribution in [2.75, 3.05) is 26.2 Å². The molecule has 0 aliphatic carbocycles. The molecule has 0 heterocycles. The fourth-order valence-electron chi connectivity index (χ4n) is 5.87. The molecule has 2 rings (SSSR count). The van der Waals surface area contributed by atoms with Crippen molar-refractivity contribution in [3.8, 4) is 5.75 Å². The Kier molecular flexibility index (Phi) is 22.2. The maximum atomic E-state index is 13.9. The van der Waals surface area contributed by atoms with Gasteiger partial charge in [-0.25, -0.2) is 4.79 Å². The number of aliphatic carboxylic acids is 1. The Bertz CT molecular complexity index is 1740. The summed E-state index contributed by atoms with van der Waals surface area (Å²) in [5.74, 6) is -5.69. The zero-order valence-electron chi connectivity index (χ0n) is 34.2. The van der Waals surface area contributed by atoms with E-state index in [0.717, 1.165) is 0 Å². The summed E-state index contributed by atoms with van der Waals surface area (Å²) >= 11 is 0. The van der Waals surface area contributed by atoms with E-state index in [1.807, 2.05) is 13.8 Å². The molecule has 0 saturated carbocycles. The highest BCUT2D eigenvalue weighted by Gasteiger charge is 2.32. The zero-order valence-corrected chi connectivity index (χ0v) is 34.2. The van der Waals surface area contributed by atoms with E-state index in [9.17, 15) is 43.8 Å². The smallest absolute Gasteiger partial charge is 0.326 e. The molecule has 2 aromatic rings. The number of carbonyl (C=O) groups is 7. The number of nitrogens with two attached hydrogens (primary N) is 4. The van der Waals surface area contributed by atoms with Crippen LogP contribution in [0.5, 0.6) is 5.75 Å². The number of aromatic hydroxyl groups is 1. The highest BCUT2D eigenvalue weighted by Crippen LogP contribution is 2.12. The minimum atomic E-state index is -1.29. The summed E-state index contributed by atoms with van der Waals surface area (Å²) in [5.41, 5.74) is 23.7. The second-order valence-electron chi connectivity index (χ2n) is 14.7. The lowest BCUT2D eigenvalue weighted by molar-refractivity contribution is -0.142. The molecular weight excluding hydrogens is 779 g/mol. The first-order chi connectivity index (χ1) is 28.5. The summed E-state index contributed by atoms with van der Waals surface area (Å²) in [6.07, 6.45) is 1.67. The van der Waals surface area contributed by atoms with E-state index in [1.54, 1.807) is 42.5 Å². The van der Waals surface area contributed by atoms with Crippen molar-refractivity contribution in [3.05, 3.63) is 65.7 Å². The molecule has 6 amide bonds. The van der Waals surface area contributed by atoms with Gasteiger partial charge in [-0.1, -0.05) is 56.3 Å². The van der Waals surface area contributed by atoms with Gasteiger partial charge in [0.05, 0.1) is 19.1 Å². The van der Waals surface area contributed by atoms with Gasteiger partial charge in [0.25, 0.3) is 0 Å². The molecule has 0 bridgehead atoms. The number of hydrogen-bond donors (Lipinski definition) is 12. The van der Waals surface area contributed by atoms with Crippen LogP contribution in [0.4, 0.5) is 0 Å². The van der Waals surface area contributed by atoms with E-state index < -0.39 is 84.7 Å². The Morgan fingerprint density at radius 1 is 0.650 bits per heavy atom. The van der Waals surface area contributed by atoms with Gasteiger partial charge in [0.15, 0.2) is 5.96 Å². The molecule has 0 aromatic heterocycles. The summed E-state index contributed by atoms with van der Waals surface area (Å²) in [5, 5.41) is 34.5. The van der Waals surface area contributed by atoms with E-state index in [1.165, 1.54) is 12.1 Å². The first kappa shape index (κ1) is 49.9. The number of phenols is 1. The van der Waals surface area contributed by atoms with Crippen molar-refractivity contribution >= 4 is 47.4 Å². The van der Waals surface area contributed by atoms with Crippen LogP contribution in [0.25, 0.3) is 0 Å². The number of nitrogens with zero attached hydrogens (tertiary/aromatic N) is 1. The Morgan fingerprint density at radius 3 is 1.83 bits per heavy atom. The van der Waals surface area contributed by atoms with Gasteiger partial charge in [0.2, 0.25) is 35.4 Å². The average Bonchev–Trinajstić information content (AvgIpc) is 3.20. The van der Waals surface area contributed by atoms with Gasteiger partial charge in [-0.2, -0.15) is 0 Å². The number of carboxylic acids is 1. The molecule has 0 spiro atoms. The van der Waals surface area contributed by atoms with Crippen LogP contribution < -0.4 is 54.8 Å². The van der Waals surface area contributed by atoms with Crippen LogP contribution >= 0.6 is 0 Å². The average molecular weight is 840 g/mol. The highest BCUT2D eigenvalue weighted by molar-refractivity contribution is 5.96. The minimum Gasteiger partial charge on any atom is -0.508 e. The van der Waals surface area contributed by atoms with E-state index in [0.29, 0.717) is 30.5 Å². The second kappa shape index (κ2) is 26.7. The predicted molar refractivity (Wildman–Crippen MR) is 224 cm³/mol. The van der Waals surface area contributed by atoms with Crippen LogP contribution in [-0.4, -0.2) is 114 Å². The Hall–Kier alpha value is -6.28. The van der Waals surface area contributed by atoms with Crippen molar-refractivity contribution in [3.63, 3.8) is 0 Å². The lowest BCUT2D eigenvalue weighted by Gasteiger charge is -2.27. The topological polar surface area (TPSA) is 349 Å². The van der Waals surface area contributed by atoms with Crippen LogP contribution in [0.1, 0.15) is 63.5 Å². The highest BCUT2D eigenvalue weighted by atomic mass is 16.4. The molecule has 0 fully saturated rings. The quantitative estimate of drug-likeness (QED) is 0.0263. The van der Waals surface area contributed by atoms with Crippen molar-refractivity contribution < 1.29 is 43.8 Å². The fraction of sp³-hybridized carbons (Fsp3) is 0.500. The molecule has 2 aromatic carbocycles. The molecule has 16 N–H and O–H groups in total. The number of hydrogen-bond acceptors (Lipinski definition) is 11. The van der Waals surface area contributed by atoms with E-state index in [4.69, 9.17) is 22.9 Å². The molecule has 20 heteroatoms. The fourth-order valence-corrected chi connectivity index (χ4v) is 5.87. The summed E-state index contributed by atoms with van der Waals surface area (Å²) in [6.45, 7) is 3.11. The first-order valence-corrected chi connectivity index (χ1v) is 19.8. The Labute approximate surface area is 349 Å². The lowest BCUT2D eigenvalue weighted by atomic mass is 10.00. The number of phenolic OH excluding ortho intramolecular Hbond substituents is 1. The number of amides is 6. The lowest BCUT2D eigenvalue weighted by Crippen LogP contribution is -2.58. The van der Waals surface area contributed by atoms with Gasteiger partial charge in [-0.15, -0.1) is 0 Å². The molecule has 0 aliphatic heterocycles. The normalized spacial score (nSPS) is 13.3. The molecule has 5 atom stereocenters. The number of rotatable bonds is 27. The second-order valence-corrected chi connectivity index (χ2v) is 14.7. The predicted octanol–water partition coefficient (Wildman–Crippen LogP) is -2.01. The molecule has 0 saturated heterocycles. The molecule has 20 nitrogen and oxygen atoms in total. The summed E-state index contributed by atoms with van der Waals surface area (Å²) < 4.78 is 0. The zero-order chi connectivity index (χ0) is 44.6. The third-order valence-corrected chi connectivity index (χ3v) is 9.01. The third-order valence-electron chi connectivity index (χ3n) is 9.01. The van der Waals surface area contributed by atoms with Gasteiger partial charge >= 0.3 is 5.97 Å². The number of unbranched alkanes of at least 4 members (excludes halogenated alkanes) is 1. The molecule has 60 heavy (non-hydrogen) atoms.